The summed E-state index contributed by atoms with van der Waals surface area (Å²) in [6, 6.07) is 17.2. The Bertz CT molecular complexity index is 1120. The second kappa shape index (κ2) is 16.3. The molecule has 2 N–H and O–H groups in total. The largest absolute Gasteiger partial charge is 0.489 e. The van der Waals surface area contributed by atoms with Crippen molar-refractivity contribution >= 4 is 17.8 Å². The van der Waals surface area contributed by atoms with Crippen molar-refractivity contribution in [2.24, 2.45) is 17.3 Å². The standard InChI is InChI=1S/C35H52N2O5/c1-9-10-16-28(33(40)42-35(5,6)7)23-27(31(38)37-30(32(39)36-8)34(2,3)4)20-17-25-18-21-29(22-19-25)41-24-26-14-12-11-13-15-26/h11-15,18-19,21-22,27-28,30H,9-10,16-17,20,23-24H2,1-8H3,(H,36,39)(H,37,38)/t27-,28+,30-/m1/s1. The maximum Gasteiger partial charge on any atom is 0.309 e. The van der Waals surface area contributed by atoms with Crippen LogP contribution < -0.4 is 15.4 Å². The molecule has 0 bridgehead atoms. The Morgan fingerprint density at radius 2 is 1.45 bits per heavy atom. The summed E-state index contributed by atoms with van der Waals surface area (Å²) in [5.41, 5.74) is 1.08. The Balaban J connectivity index is 2.21. The fraction of sp³-hybridized carbons (Fsp3) is 0.571. The summed E-state index contributed by atoms with van der Waals surface area (Å²) >= 11 is 0. The lowest BCUT2D eigenvalue weighted by molar-refractivity contribution is -0.161. The summed E-state index contributed by atoms with van der Waals surface area (Å²) in [6.07, 6.45) is 4.01. The number of rotatable bonds is 15. The molecular formula is C35H52N2O5. The minimum absolute atomic E-state index is 0.216. The van der Waals surface area contributed by atoms with Crippen molar-refractivity contribution in [3.8, 4) is 5.75 Å². The fourth-order valence-corrected chi connectivity index (χ4v) is 4.78. The highest BCUT2D eigenvalue weighted by molar-refractivity contribution is 5.89. The molecule has 232 valence electrons. The number of hydrogen-bond donors (Lipinski definition) is 2. The summed E-state index contributed by atoms with van der Waals surface area (Å²) in [6.45, 7) is 13.9. The van der Waals surface area contributed by atoms with Crippen LogP contribution in [0.15, 0.2) is 54.6 Å². The monoisotopic (exact) mass is 580 g/mol. The molecule has 7 heteroatoms. The number of esters is 1. The number of aryl methyl sites for hydroxylation is 1. The molecule has 0 aromatic heterocycles. The molecule has 0 saturated heterocycles. The van der Waals surface area contributed by atoms with Crippen LogP contribution in [-0.2, 0) is 32.1 Å². The van der Waals surface area contributed by atoms with Gasteiger partial charge in [-0.2, -0.15) is 0 Å². The lowest BCUT2D eigenvalue weighted by Gasteiger charge is -2.32. The van der Waals surface area contributed by atoms with E-state index in [9.17, 15) is 14.4 Å². The van der Waals surface area contributed by atoms with E-state index in [4.69, 9.17) is 9.47 Å². The summed E-state index contributed by atoms with van der Waals surface area (Å²) in [5, 5.41) is 5.68. The smallest absolute Gasteiger partial charge is 0.309 e. The van der Waals surface area contributed by atoms with Crippen LogP contribution in [0.5, 0.6) is 5.75 Å². The van der Waals surface area contributed by atoms with Gasteiger partial charge in [0.2, 0.25) is 11.8 Å². The van der Waals surface area contributed by atoms with Gasteiger partial charge in [0.25, 0.3) is 0 Å². The molecule has 0 heterocycles. The number of nitrogens with one attached hydrogen (secondary N) is 2. The summed E-state index contributed by atoms with van der Waals surface area (Å²) in [4.78, 5) is 39.7. The number of ether oxygens (including phenoxy) is 2. The van der Waals surface area contributed by atoms with E-state index in [1.54, 1.807) is 7.05 Å². The van der Waals surface area contributed by atoms with Crippen molar-refractivity contribution in [1.82, 2.24) is 10.6 Å². The van der Waals surface area contributed by atoms with Gasteiger partial charge in [0.05, 0.1) is 5.92 Å². The first-order chi connectivity index (χ1) is 19.7. The van der Waals surface area contributed by atoms with Crippen LogP contribution in [0.1, 0.15) is 91.7 Å². The number of benzene rings is 2. The molecule has 7 nitrogen and oxygen atoms in total. The van der Waals surface area contributed by atoms with Gasteiger partial charge in [0, 0.05) is 13.0 Å². The average Bonchev–Trinajstić information content (AvgIpc) is 2.93. The highest BCUT2D eigenvalue weighted by Gasteiger charge is 2.36. The van der Waals surface area contributed by atoms with Gasteiger partial charge in [-0.15, -0.1) is 0 Å². The second-order valence-corrected chi connectivity index (χ2v) is 13.2. The second-order valence-electron chi connectivity index (χ2n) is 13.2. The van der Waals surface area contributed by atoms with E-state index in [1.807, 2.05) is 96.1 Å². The number of amides is 2. The zero-order valence-corrected chi connectivity index (χ0v) is 26.9. The van der Waals surface area contributed by atoms with Gasteiger partial charge in [-0.3, -0.25) is 14.4 Å². The van der Waals surface area contributed by atoms with Crippen LogP contribution in [0.4, 0.5) is 0 Å². The third-order valence-electron chi connectivity index (χ3n) is 7.20. The molecule has 2 amide bonds. The fourth-order valence-electron chi connectivity index (χ4n) is 4.78. The topological polar surface area (TPSA) is 93.7 Å². The number of likely N-dealkylation sites (N-methyl/N-ethyl adjacent to an activating group) is 1. The Morgan fingerprint density at radius 1 is 0.810 bits per heavy atom. The van der Waals surface area contributed by atoms with Crippen LogP contribution in [0, 0.1) is 17.3 Å². The first kappa shape index (κ1) is 34.8. The molecule has 2 rings (SSSR count). The first-order valence-corrected chi connectivity index (χ1v) is 15.2. The number of unbranched alkanes of at least 4 members (excludes halogenated alkanes) is 1. The van der Waals surface area contributed by atoms with Gasteiger partial charge in [-0.05, 0) is 75.1 Å². The summed E-state index contributed by atoms with van der Waals surface area (Å²) < 4.78 is 11.7. The highest BCUT2D eigenvalue weighted by atomic mass is 16.6. The van der Waals surface area contributed by atoms with E-state index >= 15 is 0 Å². The average molecular weight is 581 g/mol. The lowest BCUT2D eigenvalue weighted by atomic mass is 9.83. The van der Waals surface area contributed by atoms with Crippen LogP contribution in [0.2, 0.25) is 0 Å². The van der Waals surface area contributed by atoms with Crippen molar-refractivity contribution < 1.29 is 23.9 Å². The maximum absolute atomic E-state index is 13.8. The van der Waals surface area contributed by atoms with Crippen molar-refractivity contribution in [2.75, 3.05) is 7.05 Å². The molecule has 2 aromatic rings. The third-order valence-corrected chi connectivity index (χ3v) is 7.20. The molecular weight excluding hydrogens is 528 g/mol. The molecule has 42 heavy (non-hydrogen) atoms. The molecule has 0 spiro atoms. The normalized spacial score (nSPS) is 13.9. The molecule has 0 aliphatic rings. The van der Waals surface area contributed by atoms with E-state index in [0.717, 1.165) is 29.7 Å². The Labute approximate surface area is 253 Å². The molecule has 3 atom stereocenters. The predicted octanol–water partition coefficient (Wildman–Crippen LogP) is 6.63. The van der Waals surface area contributed by atoms with Gasteiger partial charge in [0.15, 0.2) is 0 Å². The van der Waals surface area contributed by atoms with Gasteiger partial charge in [-0.25, -0.2) is 0 Å². The zero-order chi connectivity index (χ0) is 31.3. The number of carbonyl (C=O) groups is 3. The van der Waals surface area contributed by atoms with E-state index in [0.29, 0.717) is 32.3 Å². The quantitative estimate of drug-likeness (QED) is 0.231. The van der Waals surface area contributed by atoms with Crippen molar-refractivity contribution in [3.63, 3.8) is 0 Å². The van der Waals surface area contributed by atoms with E-state index in [-0.39, 0.29) is 17.8 Å². The van der Waals surface area contributed by atoms with E-state index in [2.05, 4.69) is 17.6 Å². The molecule has 0 fully saturated rings. The first-order valence-electron chi connectivity index (χ1n) is 15.2. The minimum Gasteiger partial charge on any atom is -0.489 e. The molecule has 0 aliphatic heterocycles. The summed E-state index contributed by atoms with van der Waals surface area (Å²) in [7, 11) is 1.57. The van der Waals surface area contributed by atoms with Gasteiger partial charge >= 0.3 is 5.97 Å². The van der Waals surface area contributed by atoms with Crippen molar-refractivity contribution in [1.29, 1.82) is 0 Å². The summed E-state index contributed by atoms with van der Waals surface area (Å²) in [5.74, 6) is -0.821. The molecule has 0 aliphatic carbocycles. The Kier molecular flexibility index (Phi) is 13.5. The van der Waals surface area contributed by atoms with Crippen molar-refractivity contribution in [3.05, 3.63) is 65.7 Å². The molecule has 0 saturated carbocycles. The molecule has 0 radical (unpaired) electrons. The molecule has 0 unspecified atom stereocenters. The van der Waals surface area contributed by atoms with Crippen LogP contribution in [0.3, 0.4) is 0 Å². The third kappa shape index (κ3) is 12.3. The minimum atomic E-state index is -0.700. The highest BCUT2D eigenvalue weighted by Crippen LogP contribution is 2.28. The lowest BCUT2D eigenvalue weighted by Crippen LogP contribution is -2.54. The predicted molar refractivity (Wildman–Crippen MR) is 168 cm³/mol. The zero-order valence-electron chi connectivity index (χ0n) is 26.9. The molecule has 2 aromatic carbocycles. The Morgan fingerprint density at radius 3 is 2.00 bits per heavy atom. The van der Waals surface area contributed by atoms with Gasteiger partial charge in [0.1, 0.15) is 24.0 Å². The Hall–Kier alpha value is -3.35. The van der Waals surface area contributed by atoms with Crippen molar-refractivity contribution in [2.45, 2.75) is 105 Å². The van der Waals surface area contributed by atoms with Crippen LogP contribution >= 0.6 is 0 Å². The number of carbonyl (C=O) groups excluding carboxylic acids is 3. The van der Waals surface area contributed by atoms with Crippen LogP contribution in [0.25, 0.3) is 0 Å². The SMILES string of the molecule is CCCC[C@@H](C[C@@H](CCc1ccc(OCc2ccccc2)cc1)C(=O)N[C@H](C(=O)NC)C(C)(C)C)C(=O)OC(C)(C)C. The maximum atomic E-state index is 13.8. The number of hydrogen-bond acceptors (Lipinski definition) is 5. The van der Waals surface area contributed by atoms with Crippen LogP contribution in [-0.4, -0.2) is 36.5 Å². The van der Waals surface area contributed by atoms with E-state index in [1.165, 1.54) is 0 Å². The van der Waals surface area contributed by atoms with Gasteiger partial charge in [-0.1, -0.05) is 83.0 Å². The van der Waals surface area contributed by atoms with E-state index < -0.39 is 28.9 Å². The van der Waals surface area contributed by atoms with Gasteiger partial charge < -0.3 is 20.1 Å².